The second-order valence-corrected chi connectivity index (χ2v) is 7.43. The van der Waals surface area contributed by atoms with Crippen LogP contribution in [0, 0.1) is 0 Å². The summed E-state index contributed by atoms with van der Waals surface area (Å²) in [5.74, 6) is 0.574. The lowest BCUT2D eigenvalue weighted by atomic mass is 10.2. The van der Waals surface area contributed by atoms with Gasteiger partial charge >= 0.3 is 0 Å². The summed E-state index contributed by atoms with van der Waals surface area (Å²) in [6.45, 7) is 0.525. The van der Waals surface area contributed by atoms with E-state index in [-0.39, 0.29) is 5.91 Å². The van der Waals surface area contributed by atoms with Crippen LogP contribution in [0.3, 0.4) is 0 Å². The molecular formula is C25H20N2O2S. The topological polar surface area (TPSA) is 51.2 Å². The molecule has 1 amide bonds. The SMILES string of the molecule is O=C(/C=C/c1ccc(OCc2ccccc2)cc1)Nc1nc(-c2ccccc2)cs1. The second-order valence-electron chi connectivity index (χ2n) is 6.57. The summed E-state index contributed by atoms with van der Waals surface area (Å²) in [5, 5.41) is 5.32. The molecule has 0 aliphatic carbocycles. The number of benzene rings is 3. The van der Waals surface area contributed by atoms with Gasteiger partial charge in [0.2, 0.25) is 5.91 Å². The summed E-state index contributed by atoms with van der Waals surface area (Å²) in [7, 11) is 0. The largest absolute Gasteiger partial charge is 0.489 e. The first-order valence-electron chi connectivity index (χ1n) is 9.53. The van der Waals surface area contributed by atoms with Crippen molar-refractivity contribution in [1.82, 2.24) is 4.98 Å². The van der Waals surface area contributed by atoms with Gasteiger partial charge in [-0.3, -0.25) is 10.1 Å². The lowest BCUT2D eigenvalue weighted by Crippen LogP contribution is -2.07. The standard InChI is InChI=1S/C25H20N2O2S/c28-24(27-25-26-23(18-30-25)21-9-5-2-6-10-21)16-13-19-11-14-22(15-12-19)29-17-20-7-3-1-4-8-20/h1-16,18H,17H2,(H,26,27,28)/b16-13+. The molecule has 5 heteroatoms. The summed E-state index contributed by atoms with van der Waals surface area (Å²) in [5.41, 5.74) is 3.92. The molecule has 4 nitrogen and oxygen atoms in total. The van der Waals surface area contributed by atoms with Gasteiger partial charge in [-0.25, -0.2) is 4.98 Å². The van der Waals surface area contributed by atoms with Gasteiger partial charge in [0.1, 0.15) is 12.4 Å². The van der Waals surface area contributed by atoms with Crippen LogP contribution < -0.4 is 10.1 Å². The first kappa shape index (κ1) is 19.6. The minimum absolute atomic E-state index is 0.214. The van der Waals surface area contributed by atoms with E-state index in [1.807, 2.05) is 90.3 Å². The van der Waals surface area contributed by atoms with E-state index in [0.717, 1.165) is 28.1 Å². The quantitative estimate of drug-likeness (QED) is 0.377. The third kappa shape index (κ3) is 5.43. The fourth-order valence-corrected chi connectivity index (χ4v) is 3.53. The molecule has 0 saturated heterocycles. The number of carbonyl (C=O) groups excluding carboxylic acids is 1. The van der Waals surface area contributed by atoms with Crippen molar-refractivity contribution in [2.75, 3.05) is 5.32 Å². The number of hydrogen-bond acceptors (Lipinski definition) is 4. The zero-order valence-corrected chi connectivity index (χ0v) is 17.0. The minimum atomic E-state index is -0.214. The third-order valence-electron chi connectivity index (χ3n) is 4.36. The van der Waals surface area contributed by atoms with E-state index in [0.29, 0.717) is 11.7 Å². The van der Waals surface area contributed by atoms with Crippen molar-refractivity contribution in [3.05, 3.63) is 108 Å². The molecule has 0 spiro atoms. The molecular weight excluding hydrogens is 392 g/mol. The lowest BCUT2D eigenvalue weighted by Gasteiger charge is -2.06. The number of hydrogen-bond donors (Lipinski definition) is 1. The van der Waals surface area contributed by atoms with Gasteiger partial charge in [0.05, 0.1) is 5.69 Å². The van der Waals surface area contributed by atoms with Crippen molar-refractivity contribution < 1.29 is 9.53 Å². The van der Waals surface area contributed by atoms with E-state index in [2.05, 4.69) is 10.3 Å². The molecule has 0 atom stereocenters. The molecule has 0 unspecified atom stereocenters. The first-order chi connectivity index (χ1) is 14.8. The zero-order valence-electron chi connectivity index (χ0n) is 16.2. The van der Waals surface area contributed by atoms with E-state index < -0.39 is 0 Å². The minimum Gasteiger partial charge on any atom is -0.489 e. The molecule has 0 fully saturated rings. The molecule has 148 valence electrons. The highest BCUT2D eigenvalue weighted by Crippen LogP contribution is 2.24. The van der Waals surface area contributed by atoms with Crippen LogP contribution in [0.1, 0.15) is 11.1 Å². The molecule has 30 heavy (non-hydrogen) atoms. The fourth-order valence-electron chi connectivity index (χ4n) is 2.81. The zero-order chi connectivity index (χ0) is 20.6. The van der Waals surface area contributed by atoms with E-state index in [9.17, 15) is 4.79 Å². The molecule has 0 aliphatic heterocycles. The Morgan fingerprint density at radius 3 is 2.37 bits per heavy atom. The molecule has 1 N–H and O–H groups in total. The Kier molecular flexibility index (Phi) is 6.32. The molecule has 1 heterocycles. The Labute approximate surface area is 179 Å². The van der Waals surface area contributed by atoms with Crippen LogP contribution in [0.2, 0.25) is 0 Å². The highest BCUT2D eigenvalue weighted by atomic mass is 32.1. The third-order valence-corrected chi connectivity index (χ3v) is 5.12. The molecule has 0 bridgehead atoms. The van der Waals surface area contributed by atoms with Crippen LogP contribution in [0.15, 0.2) is 96.4 Å². The van der Waals surface area contributed by atoms with E-state index >= 15 is 0 Å². The predicted molar refractivity (Wildman–Crippen MR) is 122 cm³/mol. The number of rotatable bonds is 7. The Hall–Kier alpha value is -3.70. The van der Waals surface area contributed by atoms with E-state index in [1.165, 1.54) is 17.4 Å². The molecule has 4 aromatic rings. The number of nitrogens with zero attached hydrogens (tertiary/aromatic N) is 1. The number of carbonyl (C=O) groups is 1. The van der Waals surface area contributed by atoms with Crippen LogP contribution in [0.4, 0.5) is 5.13 Å². The molecule has 0 radical (unpaired) electrons. The first-order valence-corrected chi connectivity index (χ1v) is 10.4. The summed E-state index contributed by atoms with van der Waals surface area (Å²) in [4.78, 5) is 16.7. The lowest BCUT2D eigenvalue weighted by molar-refractivity contribution is -0.111. The van der Waals surface area contributed by atoms with Crippen molar-refractivity contribution in [3.63, 3.8) is 0 Å². The van der Waals surface area contributed by atoms with Crippen molar-refractivity contribution >= 4 is 28.5 Å². The van der Waals surface area contributed by atoms with Gasteiger partial charge in [-0.05, 0) is 29.3 Å². The van der Waals surface area contributed by atoms with Crippen LogP contribution in [0.25, 0.3) is 17.3 Å². The van der Waals surface area contributed by atoms with Gasteiger partial charge in [-0.2, -0.15) is 0 Å². The monoisotopic (exact) mass is 412 g/mol. The van der Waals surface area contributed by atoms with Gasteiger partial charge in [-0.15, -0.1) is 11.3 Å². The highest BCUT2D eigenvalue weighted by Gasteiger charge is 2.06. The van der Waals surface area contributed by atoms with Crippen molar-refractivity contribution in [2.24, 2.45) is 0 Å². The number of amides is 1. The Bertz CT molecular complexity index is 1120. The van der Waals surface area contributed by atoms with Gasteiger partial charge < -0.3 is 4.74 Å². The second kappa shape index (κ2) is 9.67. The number of ether oxygens (including phenoxy) is 1. The number of nitrogens with one attached hydrogen (secondary N) is 1. The van der Waals surface area contributed by atoms with Gasteiger partial charge in [0.15, 0.2) is 5.13 Å². The van der Waals surface area contributed by atoms with E-state index in [1.54, 1.807) is 6.08 Å². The molecule has 0 saturated carbocycles. The van der Waals surface area contributed by atoms with Crippen molar-refractivity contribution in [3.8, 4) is 17.0 Å². The summed E-state index contributed by atoms with van der Waals surface area (Å²) >= 11 is 1.41. The average Bonchev–Trinajstić information content (AvgIpc) is 3.27. The van der Waals surface area contributed by atoms with Gasteiger partial charge in [-0.1, -0.05) is 72.8 Å². The van der Waals surface area contributed by atoms with Crippen LogP contribution in [-0.2, 0) is 11.4 Å². The summed E-state index contributed by atoms with van der Waals surface area (Å²) < 4.78 is 5.78. The van der Waals surface area contributed by atoms with Crippen LogP contribution in [0.5, 0.6) is 5.75 Å². The Balaban J connectivity index is 1.30. The average molecular weight is 413 g/mol. The molecule has 4 rings (SSSR count). The Morgan fingerprint density at radius 1 is 0.933 bits per heavy atom. The van der Waals surface area contributed by atoms with Gasteiger partial charge in [0.25, 0.3) is 0 Å². The van der Waals surface area contributed by atoms with Crippen LogP contribution in [-0.4, -0.2) is 10.9 Å². The maximum atomic E-state index is 12.2. The fraction of sp³-hybridized carbons (Fsp3) is 0.0400. The van der Waals surface area contributed by atoms with Gasteiger partial charge in [0, 0.05) is 17.0 Å². The highest BCUT2D eigenvalue weighted by molar-refractivity contribution is 7.14. The normalized spacial score (nSPS) is 10.8. The Morgan fingerprint density at radius 2 is 1.63 bits per heavy atom. The van der Waals surface area contributed by atoms with E-state index in [4.69, 9.17) is 4.74 Å². The number of anilines is 1. The molecule has 1 aromatic heterocycles. The number of aromatic nitrogens is 1. The predicted octanol–water partition coefficient (Wildman–Crippen LogP) is 6.04. The van der Waals surface area contributed by atoms with Crippen LogP contribution >= 0.6 is 11.3 Å². The smallest absolute Gasteiger partial charge is 0.250 e. The maximum Gasteiger partial charge on any atom is 0.250 e. The summed E-state index contributed by atoms with van der Waals surface area (Å²) in [6, 6.07) is 27.5. The number of thiazole rings is 1. The molecule has 0 aliphatic rings. The summed E-state index contributed by atoms with van der Waals surface area (Å²) in [6.07, 6.45) is 3.27. The molecule has 3 aromatic carbocycles. The maximum absolute atomic E-state index is 12.2. The van der Waals surface area contributed by atoms with Crippen molar-refractivity contribution in [1.29, 1.82) is 0 Å². The van der Waals surface area contributed by atoms with Crippen molar-refractivity contribution in [2.45, 2.75) is 6.61 Å².